The fraction of sp³-hybridized carbons (Fsp3) is 1.00. The SMILES string of the molecule is C1CCC2(C1)CC(CN1CCOCC1)OCO2.Cl. The van der Waals surface area contributed by atoms with Crippen molar-refractivity contribution in [3.05, 3.63) is 0 Å². The molecule has 0 aromatic heterocycles. The topological polar surface area (TPSA) is 30.9 Å². The number of hydrogen-bond acceptors (Lipinski definition) is 4. The zero-order chi connectivity index (χ0) is 11.6. The summed E-state index contributed by atoms with van der Waals surface area (Å²) in [6, 6.07) is 0. The Morgan fingerprint density at radius 2 is 1.83 bits per heavy atom. The molecule has 1 atom stereocenters. The van der Waals surface area contributed by atoms with E-state index in [2.05, 4.69) is 4.90 Å². The minimum atomic E-state index is 0. The van der Waals surface area contributed by atoms with Gasteiger partial charge in [-0.2, -0.15) is 0 Å². The summed E-state index contributed by atoms with van der Waals surface area (Å²) < 4.78 is 17.0. The van der Waals surface area contributed by atoms with Gasteiger partial charge in [0, 0.05) is 26.1 Å². The minimum Gasteiger partial charge on any atom is -0.379 e. The molecule has 0 aromatic carbocycles. The molecule has 5 heteroatoms. The van der Waals surface area contributed by atoms with Gasteiger partial charge >= 0.3 is 0 Å². The van der Waals surface area contributed by atoms with Gasteiger partial charge < -0.3 is 14.2 Å². The summed E-state index contributed by atoms with van der Waals surface area (Å²) in [6.07, 6.45) is 6.56. The van der Waals surface area contributed by atoms with Gasteiger partial charge in [0.1, 0.15) is 6.79 Å². The molecule has 1 unspecified atom stereocenters. The van der Waals surface area contributed by atoms with Crippen LogP contribution in [0.5, 0.6) is 0 Å². The van der Waals surface area contributed by atoms with Crippen LogP contribution in [0, 0.1) is 0 Å². The third kappa shape index (κ3) is 3.36. The average Bonchev–Trinajstić information content (AvgIpc) is 2.79. The first kappa shape index (κ1) is 14.5. The molecule has 3 rings (SSSR count). The first-order valence-electron chi connectivity index (χ1n) is 6.92. The van der Waals surface area contributed by atoms with Crippen molar-refractivity contribution in [1.82, 2.24) is 4.90 Å². The van der Waals surface area contributed by atoms with Crippen molar-refractivity contribution in [1.29, 1.82) is 0 Å². The molecule has 3 aliphatic rings. The van der Waals surface area contributed by atoms with Crippen LogP contribution < -0.4 is 0 Å². The minimum absolute atomic E-state index is 0. The summed E-state index contributed by atoms with van der Waals surface area (Å²) >= 11 is 0. The van der Waals surface area contributed by atoms with Crippen LogP contribution in [0.25, 0.3) is 0 Å². The van der Waals surface area contributed by atoms with Crippen molar-refractivity contribution in [2.24, 2.45) is 0 Å². The Kier molecular flexibility index (Phi) is 5.27. The lowest BCUT2D eigenvalue weighted by atomic mass is 9.93. The Balaban J connectivity index is 0.00000120. The fourth-order valence-corrected chi connectivity index (χ4v) is 3.34. The van der Waals surface area contributed by atoms with Gasteiger partial charge in [0.15, 0.2) is 0 Å². The third-order valence-corrected chi connectivity index (χ3v) is 4.35. The Hall–Kier alpha value is 0.130. The highest BCUT2D eigenvalue weighted by Crippen LogP contribution is 2.39. The summed E-state index contributed by atoms with van der Waals surface area (Å²) in [5.41, 5.74) is 0.162. The average molecular weight is 278 g/mol. The number of rotatable bonds is 2. The van der Waals surface area contributed by atoms with Gasteiger partial charge in [0.2, 0.25) is 0 Å². The van der Waals surface area contributed by atoms with Crippen LogP contribution in [0.2, 0.25) is 0 Å². The summed E-state index contributed by atoms with van der Waals surface area (Å²) in [6.45, 7) is 5.38. The number of ether oxygens (including phenoxy) is 3. The van der Waals surface area contributed by atoms with E-state index in [0.717, 1.165) is 39.3 Å². The van der Waals surface area contributed by atoms with E-state index in [9.17, 15) is 0 Å². The molecule has 106 valence electrons. The number of morpholine rings is 1. The van der Waals surface area contributed by atoms with Crippen LogP contribution in [-0.4, -0.2) is 56.2 Å². The van der Waals surface area contributed by atoms with Crippen LogP contribution >= 0.6 is 12.4 Å². The Bertz CT molecular complexity index is 253. The van der Waals surface area contributed by atoms with E-state index in [-0.39, 0.29) is 18.0 Å². The lowest BCUT2D eigenvalue weighted by Gasteiger charge is -2.40. The first-order chi connectivity index (χ1) is 8.36. The molecule has 2 heterocycles. The van der Waals surface area contributed by atoms with Gasteiger partial charge in [-0.3, -0.25) is 4.90 Å². The Morgan fingerprint density at radius 1 is 1.11 bits per heavy atom. The molecule has 0 aromatic rings. The van der Waals surface area contributed by atoms with Crippen molar-refractivity contribution >= 4 is 12.4 Å². The van der Waals surface area contributed by atoms with Crippen molar-refractivity contribution < 1.29 is 14.2 Å². The van der Waals surface area contributed by atoms with Crippen LogP contribution in [0.4, 0.5) is 0 Å². The standard InChI is InChI=1S/C13H23NO3.ClH/c1-2-4-13(3-1)9-12(16-11-17-13)10-14-5-7-15-8-6-14;/h12H,1-11H2;1H. The first-order valence-corrected chi connectivity index (χ1v) is 6.92. The molecule has 18 heavy (non-hydrogen) atoms. The molecule has 0 bridgehead atoms. The maximum atomic E-state index is 5.88. The Morgan fingerprint density at radius 3 is 2.56 bits per heavy atom. The largest absolute Gasteiger partial charge is 0.379 e. The van der Waals surface area contributed by atoms with Crippen molar-refractivity contribution in [3.8, 4) is 0 Å². The second kappa shape index (κ2) is 6.53. The zero-order valence-corrected chi connectivity index (χ0v) is 11.8. The van der Waals surface area contributed by atoms with E-state index in [1.807, 2.05) is 0 Å². The smallest absolute Gasteiger partial charge is 0.147 e. The molecular formula is C13H24ClNO3. The van der Waals surface area contributed by atoms with Gasteiger partial charge in [0.25, 0.3) is 0 Å². The van der Waals surface area contributed by atoms with E-state index in [4.69, 9.17) is 14.2 Å². The zero-order valence-electron chi connectivity index (χ0n) is 10.9. The predicted octanol–water partition coefficient (Wildman–Crippen LogP) is 1.82. The quantitative estimate of drug-likeness (QED) is 0.770. The molecular weight excluding hydrogens is 254 g/mol. The van der Waals surface area contributed by atoms with E-state index in [1.165, 1.54) is 25.7 Å². The highest BCUT2D eigenvalue weighted by atomic mass is 35.5. The van der Waals surface area contributed by atoms with Crippen LogP contribution in [-0.2, 0) is 14.2 Å². The van der Waals surface area contributed by atoms with Gasteiger partial charge in [-0.15, -0.1) is 12.4 Å². The monoisotopic (exact) mass is 277 g/mol. The van der Waals surface area contributed by atoms with E-state index in [1.54, 1.807) is 0 Å². The summed E-state index contributed by atoms with van der Waals surface area (Å²) in [5.74, 6) is 0. The molecule has 2 aliphatic heterocycles. The normalized spacial score (nSPS) is 32.3. The molecule has 0 amide bonds. The second-order valence-corrected chi connectivity index (χ2v) is 5.56. The summed E-state index contributed by atoms with van der Waals surface area (Å²) in [7, 11) is 0. The van der Waals surface area contributed by atoms with E-state index < -0.39 is 0 Å². The number of hydrogen-bond donors (Lipinski definition) is 0. The lowest BCUT2D eigenvalue weighted by Crippen LogP contribution is -2.48. The predicted molar refractivity (Wildman–Crippen MR) is 71.1 cm³/mol. The van der Waals surface area contributed by atoms with E-state index in [0.29, 0.717) is 12.9 Å². The number of nitrogens with zero attached hydrogens (tertiary/aromatic N) is 1. The Labute approximate surface area is 115 Å². The van der Waals surface area contributed by atoms with Crippen molar-refractivity contribution in [2.75, 3.05) is 39.6 Å². The summed E-state index contributed by atoms with van der Waals surface area (Å²) in [4.78, 5) is 2.46. The van der Waals surface area contributed by atoms with Crippen LogP contribution in [0.3, 0.4) is 0 Å². The molecule has 2 saturated heterocycles. The van der Waals surface area contributed by atoms with Gasteiger partial charge in [-0.25, -0.2) is 0 Å². The molecule has 0 radical (unpaired) electrons. The van der Waals surface area contributed by atoms with Gasteiger partial charge in [-0.1, -0.05) is 12.8 Å². The van der Waals surface area contributed by atoms with Gasteiger partial charge in [-0.05, 0) is 12.8 Å². The molecule has 4 nitrogen and oxygen atoms in total. The van der Waals surface area contributed by atoms with Crippen LogP contribution in [0.1, 0.15) is 32.1 Å². The fourth-order valence-electron chi connectivity index (χ4n) is 3.34. The maximum absolute atomic E-state index is 5.88. The molecule has 3 fully saturated rings. The maximum Gasteiger partial charge on any atom is 0.147 e. The van der Waals surface area contributed by atoms with Crippen molar-refractivity contribution in [3.63, 3.8) is 0 Å². The molecule has 0 N–H and O–H groups in total. The third-order valence-electron chi connectivity index (χ3n) is 4.35. The highest BCUT2D eigenvalue weighted by Gasteiger charge is 2.40. The molecule has 1 spiro atoms. The van der Waals surface area contributed by atoms with E-state index >= 15 is 0 Å². The molecule has 1 aliphatic carbocycles. The van der Waals surface area contributed by atoms with Gasteiger partial charge in [0.05, 0.1) is 24.9 Å². The van der Waals surface area contributed by atoms with Crippen molar-refractivity contribution in [2.45, 2.75) is 43.8 Å². The molecule has 1 saturated carbocycles. The lowest BCUT2D eigenvalue weighted by molar-refractivity contribution is -0.224. The highest BCUT2D eigenvalue weighted by molar-refractivity contribution is 5.85. The number of halogens is 1. The van der Waals surface area contributed by atoms with Crippen LogP contribution in [0.15, 0.2) is 0 Å². The second-order valence-electron chi connectivity index (χ2n) is 5.56. The summed E-state index contributed by atoms with van der Waals surface area (Å²) in [5, 5.41) is 0.